The number of hydrogen-bond donors (Lipinski definition) is 2. The Hall–Kier alpha value is -3.54. The predicted octanol–water partition coefficient (Wildman–Crippen LogP) is 4.64. The number of carbonyl (C=O) groups excluding carboxylic acids is 1. The molecule has 0 atom stereocenters. The first-order valence-electron chi connectivity index (χ1n) is 12.7. The summed E-state index contributed by atoms with van der Waals surface area (Å²) in [5, 5.41) is 7.25. The van der Waals surface area contributed by atoms with Gasteiger partial charge in [-0.1, -0.05) is 0 Å². The van der Waals surface area contributed by atoms with Crippen LogP contribution in [0.25, 0.3) is 21.5 Å². The van der Waals surface area contributed by atoms with Gasteiger partial charge in [0.1, 0.15) is 28.8 Å². The monoisotopic (exact) mass is 536 g/mol. The molecule has 11 heteroatoms. The van der Waals surface area contributed by atoms with Gasteiger partial charge < -0.3 is 29.4 Å². The maximum absolute atomic E-state index is 12.9. The third kappa shape index (κ3) is 5.95. The molecule has 1 amide bonds. The molecule has 4 aromatic rings. The van der Waals surface area contributed by atoms with E-state index in [-0.39, 0.29) is 12.0 Å². The van der Waals surface area contributed by atoms with Gasteiger partial charge in [0.05, 0.1) is 41.7 Å². The normalized spacial score (nSPS) is 14.2. The van der Waals surface area contributed by atoms with E-state index >= 15 is 0 Å². The first kappa shape index (κ1) is 26.1. The second-order valence-corrected chi connectivity index (χ2v) is 10.5. The minimum atomic E-state index is -0.0927. The quantitative estimate of drug-likeness (QED) is 0.280. The van der Waals surface area contributed by atoms with E-state index in [0.29, 0.717) is 42.0 Å². The number of carbonyl (C=O) groups is 1. The Morgan fingerprint density at radius 2 is 2.05 bits per heavy atom. The molecule has 0 spiro atoms. The number of pyridine rings is 1. The van der Waals surface area contributed by atoms with Crippen molar-refractivity contribution in [3.05, 3.63) is 47.5 Å². The fraction of sp³-hybridized carbons (Fsp3) is 0.407. The van der Waals surface area contributed by atoms with Gasteiger partial charge >= 0.3 is 0 Å². The maximum atomic E-state index is 12.9. The molecule has 2 N–H and O–H groups in total. The van der Waals surface area contributed by atoms with Crippen LogP contribution >= 0.6 is 11.3 Å². The minimum absolute atomic E-state index is 0.00694. The lowest BCUT2D eigenvalue weighted by molar-refractivity contribution is 0.0241. The summed E-state index contributed by atoms with van der Waals surface area (Å²) in [6.07, 6.45) is 7.27. The van der Waals surface area contributed by atoms with Crippen LogP contribution in [0.4, 0.5) is 11.5 Å². The summed E-state index contributed by atoms with van der Waals surface area (Å²) < 4.78 is 17.1. The van der Waals surface area contributed by atoms with Crippen LogP contribution in [0.1, 0.15) is 34.5 Å². The molecule has 1 aliphatic rings. The number of nitrogens with one attached hydrogen (secondary N) is 2. The van der Waals surface area contributed by atoms with Gasteiger partial charge in [0.15, 0.2) is 0 Å². The van der Waals surface area contributed by atoms with E-state index in [1.807, 2.05) is 39.2 Å². The van der Waals surface area contributed by atoms with Crippen molar-refractivity contribution >= 4 is 39.0 Å². The summed E-state index contributed by atoms with van der Waals surface area (Å²) >= 11 is 1.37. The Kier molecular flexibility index (Phi) is 8.16. The summed E-state index contributed by atoms with van der Waals surface area (Å²) in [5.41, 5.74) is 3.14. The molecule has 0 bridgehead atoms. The number of fused-ring (bicyclic) bond motifs is 1. The molecular weight excluding hydrogens is 504 g/mol. The lowest BCUT2D eigenvalue weighted by atomic mass is 10.1. The summed E-state index contributed by atoms with van der Waals surface area (Å²) in [7, 11) is 4.04. The van der Waals surface area contributed by atoms with Crippen LogP contribution in [0.3, 0.4) is 0 Å². The highest BCUT2D eigenvalue weighted by Gasteiger charge is 2.22. The highest BCUT2D eigenvalue weighted by atomic mass is 32.1. The SMILES string of the molecule is Cc1c(C(=O)NCCCN(C)C)sc2ncnc(Nc3ccc(-c4ccoc4)nc3OC3CCOCC3)c12. The molecular formula is C27H32N6O4S. The fourth-order valence-electron chi connectivity index (χ4n) is 4.34. The molecule has 0 radical (unpaired) electrons. The Morgan fingerprint density at radius 3 is 2.82 bits per heavy atom. The number of anilines is 2. The zero-order chi connectivity index (χ0) is 26.5. The Morgan fingerprint density at radius 1 is 1.21 bits per heavy atom. The molecule has 1 aliphatic heterocycles. The minimum Gasteiger partial charge on any atom is -0.473 e. The Bertz CT molecular complexity index is 1380. The molecule has 5 heterocycles. The fourth-order valence-corrected chi connectivity index (χ4v) is 5.40. The molecule has 0 unspecified atom stereocenters. The molecule has 0 saturated carbocycles. The van der Waals surface area contributed by atoms with Gasteiger partial charge in [-0.3, -0.25) is 4.79 Å². The third-order valence-electron chi connectivity index (χ3n) is 6.38. The van der Waals surface area contributed by atoms with Crippen molar-refractivity contribution in [3.8, 4) is 17.1 Å². The van der Waals surface area contributed by atoms with Crippen LogP contribution in [0.15, 0.2) is 41.5 Å². The molecule has 200 valence electrons. The van der Waals surface area contributed by atoms with Crippen molar-refractivity contribution in [2.45, 2.75) is 32.3 Å². The summed E-state index contributed by atoms with van der Waals surface area (Å²) in [6, 6.07) is 5.71. The van der Waals surface area contributed by atoms with Crippen LogP contribution in [-0.4, -0.2) is 72.3 Å². The third-order valence-corrected chi connectivity index (χ3v) is 7.58. The summed E-state index contributed by atoms with van der Waals surface area (Å²) in [6.45, 7) is 4.78. The molecule has 1 saturated heterocycles. The van der Waals surface area contributed by atoms with Crippen LogP contribution in [0.5, 0.6) is 5.88 Å². The highest BCUT2D eigenvalue weighted by Crippen LogP contribution is 2.37. The molecule has 10 nitrogen and oxygen atoms in total. The van der Waals surface area contributed by atoms with Gasteiger partial charge in [0.2, 0.25) is 5.88 Å². The standard InChI is InChI=1S/C27H32N6O4S/c1-17-22-24(29-16-30-27(22)38-23(17)25(34)28-10-4-11-33(2)3)31-21-6-5-20(18-7-12-36-15-18)32-26(21)37-19-8-13-35-14-9-19/h5-7,12,15-16,19H,4,8-11,13-14H2,1-3H3,(H,28,34)(H,29,30,31). The molecule has 5 rings (SSSR count). The van der Waals surface area contributed by atoms with E-state index < -0.39 is 0 Å². The zero-order valence-corrected chi connectivity index (χ0v) is 22.6. The number of aromatic nitrogens is 3. The van der Waals surface area contributed by atoms with E-state index in [9.17, 15) is 4.79 Å². The Balaban J connectivity index is 1.42. The van der Waals surface area contributed by atoms with Crippen molar-refractivity contribution in [1.29, 1.82) is 0 Å². The van der Waals surface area contributed by atoms with Gasteiger partial charge in [0, 0.05) is 24.9 Å². The Labute approximate surface area is 225 Å². The molecule has 4 aromatic heterocycles. The second kappa shape index (κ2) is 11.9. The van der Waals surface area contributed by atoms with E-state index in [4.69, 9.17) is 18.9 Å². The van der Waals surface area contributed by atoms with E-state index in [2.05, 4.69) is 25.5 Å². The second-order valence-electron chi connectivity index (χ2n) is 9.49. The number of aryl methyl sites for hydroxylation is 1. The van der Waals surface area contributed by atoms with Crippen LogP contribution in [0, 0.1) is 6.92 Å². The molecule has 0 aromatic carbocycles. The number of hydrogen-bond acceptors (Lipinski definition) is 10. The van der Waals surface area contributed by atoms with Gasteiger partial charge in [-0.05, 0) is 57.7 Å². The van der Waals surface area contributed by atoms with E-state index in [0.717, 1.165) is 52.8 Å². The number of furan rings is 1. The van der Waals surface area contributed by atoms with E-state index in [1.54, 1.807) is 12.5 Å². The largest absolute Gasteiger partial charge is 0.473 e. The van der Waals surface area contributed by atoms with Gasteiger partial charge in [-0.2, -0.15) is 0 Å². The maximum Gasteiger partial charge on any atom is 0.261 e. The molecule has 0 aliphatic carbocycles. The summed E-state index contributed by atoms with van der Waals surface area (Å²) in [4.78, 5) is 30.2. The highest BCUT2D eigenvalue weighted by molar-refractivity contribution is 7.20. The number of thiophene rings is 1. The summed E-state index contributed by atoms with van der Waals surface area (Å²) in [5.74, 6) is 0.990. The number of rotatable bonds is 10. The van der Waals surface area contributed by atoms with Gasteiger partial charge in [-0.15, -0.1) is 11.3 Å². The van der Waals surface area contributed by atoms with Crippen LogP contribution in [0.2, 0.25) is 0 Å². The van der Waals surface area contributed by atoms with Crippen molar-refractivity contribution in [2.75, 3.05) is 45.7 Å². The first-order chi connectivity index (χ1) is 18.5. The van der Waals surface area contributed by atoms with Gasteiger partial charge in [0.25, 0.3) is 5.91 Å². The van der Waals surface area contributed by atoms with Crippen molar-refractivity contribution < 1.29 is 18.7 Å². The van der Waals surface area contributed by atoms with Crippen molar-refractivity contribution in [3.63, 3.8) is 0 Å². The lowest BCUT2D eigenvalue weighted by Gasteiger charge is -2.24. The van der Waals surface area contributed by atoms with Crippen LogP contribution in [-0.2, 0) is 4.74 Å². The lowest BCUT2D eigenvalue weighted by Crippen LogP contribution is -2.26. The van der Waals surface area contributed by atoms with E-state index in [1.165, 1.54) is 17.7 Å². The predicted molar refractivity (Wildman–Crippen MR) is 147 cm³/mol. The topological polar surface area (TPSA) is 115 Å². The van der Waals surface area contributed by atoms with Crippen molar-refractivity contribution in [2.24, 2.45) is 0 Å². The van der Waals surface area contributed by atoms with Crippen LogP contribution < -0.4 is 15.4 Å². The first-order valence-corrected chi connectivity index (χ1v) is 13.5. The molecule has 1 fully saturated rings. The number of amides is 1. The zero-order valence-electron chi connectivity index (χ0n) is 21.8. The average molecular weight is 537 g/mol. The number of nitrogens with zero attached hydrogens (tertiary/aromatic N) is 4. The van der Waals surface area contributed by atoms with Crippen molar-refractivity contribution in [1.82, 2.24) is 25.2 Å². The molecule has 38 heavy (non-hydrogen) atoms. The smallest absolute Gasteiger partial charge is 0.261 e. The number of ether oxygens (including phenoxy) is 2. The van der Waals surface area contributed by atoms with Gasteiger partial charge in [-0.25, -0.2) is 15.0 Å². The average Bonchev–Trinajstić information content (AvgIpc) is 3.57.